The van der Waals surface area contributed by atoms with E-state index in [1.54, 1.807) is 6.20 Å². The summed E-state index contributed by atoms with van der Waals surface area (Å²) in [5.74, 6) is 0. The SMILES string of the molecule is Cc1ccc([N+]2=C=[N+](c3cccc4c3oc3ncccc34)c3ccccc32)cc1. The van der Waals surface area contributed by atoms with Gasteiger partial charge in [-0.3, -0.25) is 0 Å². The molecule has 0 atom stereocenters. The van der Waals surface area contributed by atoms with Crippen molar-refractivity contribution in [1.82, 2.24) is 14.1 Å². The van der Waals surface area contributed by atoms with Gasteiger partial charge in [-0.2, -0.15) is 0 Å². The molecule has 2 aromatic heterocycles. The average molecular weight is 375 g/mol. The van der Waals surface area contributed by atoms with Gasteiger partial charge in [0.05, 0.1) is 0 Å². The third-order valence-corrected chi connectivity index (χ3v) is 5.35. The molecule has 0 unspecified atom stereocenters. The van der Waals surface area contributed by atoms with Crippen molar-refractivity contribution in [3.63, 3.8) is 0 Å². The van der Waals surface area contributed by atoms with E-state index in [1.807, 2.05) is 18.2 Å². The number of fused-ring (bicyclic) bond motifs is 4. The lowest BCUT2D eigenvalue weighted by Gasteiger charge is -1.96. The standard InChI is InChI=1S/C25H17N3O/c1-17-11-13-18(14-12-17)27-16-28(22-9-3-2-8-21(22)27)23-10-4-6-19-20-7-5-15-26-25(20)29-24(19)23/h2-15H,1H3/q+2. The molecule has 1 aliphatic heterocycles. The minimum Gasteiger partial charge on any atom is -0.431 e. The number of rotatable bonds is 2. The van der Waals surface area contributed by atoms with Crippen LogP contribution in [0.15, 0.2) is 89.5 Å². The van der Waals surface area contributed by atoms with Gasteiger partial charge in [0, 0.05) is 47.3 Å². The van der Waals surface area contributed by atoms with Gasteiger partial charge in [0.1, 0.15) is 0 Å². The molecule has 5 aromatic rings. The Bertz CT molecular complexity index is 1490. The van der Waals surface area contributed by atoms with E-state index < -0.39 is 0 Å². The lowest BCUT2D eigenvalue weighted by Crippen LogP contribution is -2.00. The van der Waals surface area contributed by atoms with Crippen LogP contribution in [0.3, 0.4) is 0 Å². The molecule has 3 aromatic carbocycles. The second kappa shape index (κ2) is 5.99. The van der Waals surface area contributed by atoms with E-state index in [4.69, 9.17) is 4.42 Å². The summed E-state index contributed by atoms with van der Waals surface area (Å²) in [7, 11) is 0. The molecule has 4 nitrogen and oxygen atoms in total. The molecule has 0 saturated carbocycles. The van der Waals surface area contributed by atoms with Gasteiger partial charge in [-0.1, -0.05) is 35.9 Å². The van der Waals surface area contributed by atoms with Crippen molar-refractivity contribution in [3.05, 3.63) is 90.6 Å². The van der Waals surface area contributed by atoms with E-state index in [2.05, 4.69) is 87.7 Å². The molecule has 0 radical (unpaired) electrons. The van der Waals surface area contributed by atoms with Crippen molar-refractivity contribution in [3.8, 4) is 0 Å². The highest BCUT2D eigenvalue weighted by Gasteiger charge is 2.37. The van der Waals surface area contributed by atoms with Crippen LogP contribution in [-0.2, 0) is 0 Å². The Morgan fingerprint density at radius 2 is 1.45 bits per heavy atom. The summed E-state index contributed by atoms with van der Waals surface area (Å²) in [6.45, 7) is 2.09. The van der Waals surface area contributed by atoms with Crippen molar-refractivity contribution in [2.75, 3.05) is 0 Å². The molecule has 0 fully saturated rings. The van der Waals surface area contributed by atoms with E-state index in [-0.39, 0.29) is 0 Å². The quantitative estimate of drug-likeness (QED) is 0.340. The van der Waals surface area contributed by atoms with Gasteiger partial charge < -0.3 is 4.42 Å². The molecular formula is C25H17N3O+2. The van der Waals surface area contributed by atoms with Crippen molar-refractivity contribution in [2.45, 2.75) is 6.92 Å². The highest BCUT2D eigenvalue weighted by Crippen LogP contribution is 2.39. The minimum absolute atomic E-state index is 0.651. The number of benzene rings is 3. The molecular weight excluding hydrogens is 358 g/mol. The van der Waals surface area contributed by atoms with E-state index in [1.165, 1.54) is 5.56 Å². The van der Waals surface area contributed by atoms with Crippen LogP contribution in [0, 0.1) is 6.92 Å². The molecule has 136 valence electrons. The first kappa shape index (κ1) is 16.0. The van der Waals surface area contributed by atoms with Crippen LogP contribution in [-0.4, -0.2) is 11.0 Å². The summed E-state index contributed by atoms with van der Waals surface area (Å²) in [4.78, 5) is 4.39. The Labute approximate surface area is 167 Å². The molecule has 0 amide bonds. The van der Waals surface area contributed by atoms with Gasteiger partial charge in [0.15, 0.2) is 0 Å². The molecule has 3 heterocycles. The van der Waals surface area contributed by atoms with Crippen molar-refractivity contribution in [2.24, 2.45) is 0 Å². The number of aromatic nitrogens is 1. The maximum Gasteiger partial charge on any atom is 0.503 e. The summed E-state index contributed by atoms with van der Waals surface area (Å²) in [6, 6.07) is 30.5. The van der Waals surface area contributed by atoms with E-state index in [0.29, 0.717) is 5.71 Å². The number of pyridine rings is 1. The average Bonchev–Trinajstić information content (AvgIpc) is 3.33. The predicted molar refractivity (Wildman–Crippen MR) is 117 cm³/mol. The van der Waals surface area contributed by atoms with E-state index in [0.717, 1.165) is 39.1 Å². The van der Waals surface area contributed by atoms with Crippen LogP contribution in [0.4, 0.5) is 22.7 Å². The van der Waals surface area contributed by atoms with E-state index in [9.17, 15) is 0 Å². The Hall–Kier alpha value is -4.01. The molecule has 29 heavy (non-hydrogen) atoms. The van der Waals surface area contributed by atoms with Gasteiger partial charge >= 0.3 is 6.01 Å². The summed E-state index contributed by atoms with van der Waals surface area (Å²) in [6.07, 6.45) is 1.76. The first-order valence-electron chi connectivity index (χ1n) is 9.58. The zero-order valence-corrected chi connectivity index (χ0v) is 15.8. The molecule has 0 saturated heterocycles. The maximum absolute atomic E-state index is 6.16. The van der Waals surface area contributed by atoms with Crippen LogP contribution in [0.2, 0.25) is 0 Å². The topological polar surface area (TPSA) is 32.0 Å². The lowest BCUT2D eigenvalue weighted by molar-refractivity contribution is 0.652. The second-order valence-corrected chi connectivity index (χ2v) is 7.21. The molecule has 4 heteroatoms. The first-order chi connectivity index (χ1) is 14.3. The third kappa shape index (κ3) is 2.37. The number of hydrogen-bond donors (Lipinski definition) is 0. The Morgan fingerprint density at radius 1 is 0.724 bits per heavy atom. The Morgan fingerprint density at radius 3 is 2.28 bits per heavy atom. The predicted octanol–water partition coefficient (Wildman–Crippen LogP) is 6.15. The smallest absolute Gasteiger partial charge is 0.431 e. The largest absolute Gasteiger partial charge is 0.503 e. The number of nitrogens with zero attached hydrogens (tertiary/aromatic N) is 3. The van der Waals surface area contributed by atoms with Crippen molar-refractivity contribution < 1.29 is 4.42 Å². The number of para-hydroxylation sites is 3. The number of furan rings is 1. The van der Waals surface area contributed by atoms with Crippen LogP contribution < -0.4 is 9.15 Å². The second-order valence-electron chi connectivity index (χ2n) is 7.21. The Kier molecular flexibility index (Phi) is 3.31. The molecule has 0 bridgehead atoms. The monoisotopic (exact) mass is 375 g/mol. The van der Waals surface area contributed by atoms with Gasteiger partial charge in [-0.05, 0) is 34.3 Å². The highest BCUT2D eigenvalue weighted by molar-refractivity contribution is 6.08. The Balaban J connectivity index is 1.67. The fourth-order valence-corrected chi connectivity index (χ4v) is 3.92. The van der Waals surface area contributed by atoms with Crippen LogP contribution in [0.25, 0.3) is 22.1 Å². The van der Waals surface area contributed by atoms with Crippen LogP contribution in [0.5, 0.6) is 0 Å². The highest BCUT2D eigenvalue weighted by atomic mass is 16.3. The van der Waals surface area contributed by atoms with E-state index >= 15 is 0 Å². The van der Waals surface area contributed by atoms with Gasteiger partial charge in [-0.25, -0.2) is 4.98 Å². The molecule has 0 spiro atoms. The fourth-order valence-electron chi connectivity index (χ4n) is 3.92. The molecule has 6 rings (SSSR count). The molecule has 0 N–H and O–H groups in total. The number of hydrogen-bond acceptors (Lipinski definition) is 2. The summed E-state index contributed by atoms with van der Waals surface area (Å²) in [5.41, 5.74) is 6.87. The molecule has 1 aliphatic rings. The third-order valence-electron chi connectivity index (χ3n) is 5.35. The van der Waals surface area contributed by atoms with Crippen LogP contribution >= 0.6 is 0 Å². The van der Waals surface area contributed by atoms with Gasteiger partial charge in [0.2, 0.25) is 17.0 Å². The van der Waals surface area contributed by atoms with Crippen LogP contribution in [0.1, 0.15) is 5.56 Å². The van der Waals surface area contributed by atoms with Gasteiger partial charge in [0.25, 0.3) is 17.1 Å². The van der Waals surface area contributed by atoms with Crippen molar-refractivity contribution in [1.29, 1.82) is 0 Å². The normalized spacial score (nSPS) is 12.9. The zero-order valence-electron chi connectivity index (χ0n) is 15.8. The minimum atomic E-state index is 0.651. The molecule has 0 aliphatic carbocycles. The maximum atomic E-state index is 6.16. The number of aryl methyl sites for hydroxylation is 1. The van der Waals surface area contributed by atoms with Gasteiger partial charge in [-0.15, -0.1) is 0 Å². The lowest BCUT2D eigenvalue weighted by atomic mass is 10.1. The van der Waals surface area contributed by atoms with Crippen molar-refractivity contribution >= 4 is 50.8 Å². The summed E-state index contributed by atoms with van der Waals surface area (Å²) >= 11 is 0. The summed E-state index contributed by atoms with van der Waals surface area (Å²) in [5, 5.41) is 2.07. The first-order valence-corrected chi connectivity index (χ1v) is 9.58. The fraction of sp³-hybridized carbons (Fsp3) is 0.0400. The zero-order chi connectivity index (χ0) is 19.4. The summed E-state index contributed by atoms with van der Waals surface area (Å²) < 4.78 is 10.3.